The van der Waals surface area contributed by atoms with Gasteiger partial charge in [0.05, 0.1) is 0 Å². The summed E-state index contributed by atoms with van der Waals surface area (Å²) in [5, 5.41) is 13.9. The van der Waals surface area contributed by atoms with E-state index in [0.29, 0.717) is 6.42 Å². The van der Waals surface area contributed by atoms with Gasteiger partial charge in [0.25, 0.3) is 5.91 Å². The van der Waals surface area contributed by atoms with Crippen molar-refractivity contribution < 1.29 is 28.3 Å². The number of carboxylic acid groups (broad SMARTS) is 1. The standard InChI is InChI=1S/C18H24F2N2O4/c1-4-5-9-13(18(25)26)21-17(24)15(10(2)3)22-16(23)14-11(19)7-6-8-12(14)20/h6-8,10,13,15H,4-5,9H2,1-3H3,(H,21,24)(H,22,23)(H,25,26). The molecule has 0 saturated heterocycles. The number of hydrogen-bond acceptors (Lipinski definition) is 3. The van der Waals surface area contributed by atoms with Crippen molar-refractivity contribution in [1.82, 2.24) is 10.6 Å². The van der Waals surface area contributed by atoms with Crippen molar-refractivity contribution in [2.75, 3.05) is 0 Å². The molecule has 0 radical (unpaired) electrons. The van der Waals surface area contributed by atoms with Crippen molar-refractivity contribution in [3.63, 3.8) is 0 Å². The Bertz CT molecular complexity index is 644. The molecule has 1 aromatic rings. The van der Waals surface area contributed by atoms with Crippen LogP contribution in [-0.2, 0) is 9.59 Å². The fourth-order valence-corrected chi connectivity index (χ4v) is 2.39. The first kappa shape index (κ1) is 21.5. The largest absolute Gasteiger partial charge is 0.480 e. The first-order chi connectivity index (χ1) is 12.2. The molecule has 0 aliphatic carbocycles. The van der Waals surface area contributed by atoms with Gasteiger partial charge >= 0.3 is 5.97 Å². The molecule has 1 aromatic carbocycles. The quantitative estimate of drug-likeness (QED) is 0.622. The van der Waals surface area contributed by atoms with Gasteiger partial charge in [-0.05, 0) is 24.5 Å². The molecule has 0 aromatic heterocycles. The zero-order chi connectivity index (χ0) is 19.9. The monoisotopic (exact) mass is 370 g/mol. The summed E-state index contributed by atoms with van der Waals surface area (Å²) in [5.41, 5.74) is -0.785. The first-order valence-corrected chi connectivity index (χ1v) is 8.47. The predicted octanol–water partition coefficient (Wildman–Crippen LogP) is 2.48. The number of carboxylic acids is 1. The third-order valence-electron chi connectivity index (χ3n) is 3.89. The van der Waals surface area contributed by atoms with Crippen LogP contribution in [0.3, 0.4) is 0 Å². The van der Waals surface area contributed by atoms with Crippen LogP contribution in [0.4, 0.5) is 8.78 Å². The van der Waals surface area contributed by atoms with Crippen LogP contribution < -0.4 is 10.6 Å². The molecule has 0 spiro atoms. The summed E-state index contributed by atoms with van der Waals surface area (Å²) >= 11 is 0. The molecule has 0 fully saturated rings. The van der Waals surface area contributed by atoms with Gasteiger partial charge in [-0.2, -0.15) is 0 Å². The number of carbonyl (C=O) groups excluding carboxylic acids is 2. The number of aliphatic carboxylic acids is 1. The molecule has 8 heteroatoms. The summed E-state index contributed by atoms with van der Waals surface area (Å²) in [6.07, 6.45) is 1.62. The van der Waals surface area contributed by atoms with Crippen LogP contribution in [-0.4, -0.2) is 35.0 Å². The molecule has 1 rings (SSSR count). The Hall–Kier alpha value is -2.51. The number of hydrogen-bond donors (Lipinski definition) is 3. The molecular formula is C18H24F2N2O4. The molecule has 2 atom stereocenters. The number of carbonyl (C=O) groups is 3. The number of halogens is 2. The minimum Gasteiger partial charge on any atom is -0.480 e. The minimum absolute atomic E-state index is 0.248. The van der Waals surface area contributed by atoms with Gasteiger partial charge in [0, 0.05) is 0 Å². The van der Waals surface area contributed by atoms with Crippen molar-refractivity contribution in [2.24, 2.45) is 5.92 Å². The van der Waals surface area contributed by atoms with E-state index in [1.165, 1.54) is 0 Å². The fourth-order valence-electron chi connectivity index (χ4n) is 2.39. The van der Waals surface area contributed by atoms with Gasteiger partial charge in [-0.1, -0.05) is 39.7 Å². The molecule has 0 aliphatic rings. The summed E-state index contributed by atoms with van der Waals surface area (Å²) in [4.78, 5) is 35.9. The van der Waals surface area contributed by atoms with Crippen LogP contribution in [0.15, 0.2) is 18.2 Å². The average molecular weight is 370 g/mol. The smallest absolute Gasteiger partial charge is 0.326 e. The molecule has 2 amide bonds. The van der Waals surface area contributed by atoms with Crippen molar-refractivity contribution in [3.05, 3.63) is 35.4 Å². The van der Waals surface area contributed by atoms with E-state index < -0.39 is 53.0 Å². The van der Waals surface area contributed by atoms with Crippen LogP contribution >= 0.6 is 0 Å². The molecule has 0 aliphatic heterocycles. The Labute approximate surface area is 151 Å². The van der Waals surface area contributed by atoms with E-state index in [1.54, 1.807) is 13.8 Å². The number of rotatable bonds is 9. The maximum absolute atomic E-state index is 13.7. The van der Waals surface area contributed by atoms with E-state index in [4.69, 9.17) is 0 Å². The van der Waals surface area contributed by atoms with Gasteiger partial charge in [0.1, 0.15) is 29.3 Å². The number of benzene rings is 1. The molecule has 26 heavy (non-hydrogen) atoms. The van der Waals surface area contributed by atoms with Crippen LogP contribution in [0.5, 0.6) is 0 Å². The number of unbranched alkanes of at least 4 members (excludes halogenated alkanes) is 1. The lowest BCUT2D eigenvalue weighted by Gasteiger charge is -2.24. The van der Waals surface area contributed by atoms with Gasteiger partial charge in [-0.25, -0.2) is 13.6 Å². The maximum Gasteiger partial charge on any atom is 0.326 e. The molecule has 6 nitrogen and oxygen atoms in total. The number of amides is 2. The molecule has 0 saturated carbocycles. The minimum atomic E-state index is -1.18. The third kappa shape index (κ3) is 5.79. The van der Waals surface area contributed by atoms with Crippen molar-refractivity contribution in [1.29, 1.82) is 0 Å². The second-order valence-corrected chi connectivity index (χ2v) is 6.33. The van der Waals surface area contributed by atoms with Gasteiger partial charge in [-0.3, -0.25) is 9.59 Å². The molecular weight excluding hydrogens is 346 g/mol. The van der Waals surface area contributed by atoms with Gasteiger partial charge in [0.2, 0.25) is 5.91 Å². The fraction of sp³-hybridized carbons (Fsp3) is 0.500. The summed E-state index contributed by atoms with van der Waals surface area (Å²) in [7, 11) is 0. The highest BCUT2D eigenvalue weighted by Crippen LogP contribution is 2.13. The average Bonchev–Trinajstić information content (AvgIpc) is 2.55. The lowest BCUT2D eigenvalue weighted by atomic mass is 10.0. The zero-order valence-corrected chi connectivity index (χ0v) is 15.0. The van der Waals surface area contributed by atoms with Gasteiger partial charge in [-0.15, -0.1) is 0 Å². The highest BCUT2D eigenvalue weighted by molar-refractivity contribution is 5.98. The highest BCUT2D eigenvalue weighted by atomic mass is 19.1. The highest BCUT2D eigenvalue weighted by Gasteiger charge is 2.30. The van der Waals surface area contributed by atoms with Crippen LogP contribution in [0, 0.1) is 17.6 Å². The molecule has 3 N–H and O–H groups in total. The normalized spacial score (nSPS) is 13.2. The number of nitrogens with one attached hydrogen (secondary N) is 2. The van der Waals surface area contributed by atoms with E-state index in [0.717, 1.165) is 24.6 Å². The summed E-state index contributed by atoms with van der Waals surface area (Å²) in [6.45, 7) is 5.15. The Morgan fingerprint density at radius 1 is 1.12 bits per heavy atom. The Morgan fingerprint density at radius 2 is 1.69 bits per heavy atom. The third-order valence-corrected chi connectivity index (χ3v) is 3.89. The van der Waals surface area contributed by atoms with Gasteiger partial charge in [0.15, 0.2) is 0 Å². The van der Waals surface area contributed by atoms with Crippen LogP contribution in [0.1, 0.15) is 50.4 Å². The lowest BCUT2D eigenvalue weighted by Crippen LogP contribution is -2.53. The summed E-state index contributed by atoms with van der Waals surface area (Å²) < 4.78 is 27.5. The SMILES string of the molecule is CCCCC(NC(=O)C(NC(=O)c1c(F)cccc1F)C(C)C)C(=O)O. The Balaban J connectivity index is 2.92. The Morgan fingerprint density at radius 3 is 2.15 bits per heavy atom. The summed E-state index contributed by atoms with van der Waals surface area (Å²) in [5.74, 6) is -5.48. The van der Waals surface area contributed by atoms with Gasteiger partial charge < -0.3 is 15.7 Å². The topological polar surface area (TPSA) is 95.5 Å². The molecule has 144 valence electrons. The van der Waals surface area contributed by atoms with Crippen LogP contribution in [0.2, 0.25) is 0 Å². The summed E-state index contributed by atoms with van der Waals surface area (Å²) in [6, 6.07) is 0.774. The van der Waals surface area contributed by atoms with Crippen molar-refractivity contribution in [2.45, 2.75) is 52.1 Å². The van der Waals surface area contributed by atoms with E-state index in [-0.39, 0.29) is 6.42 Å². The molecule has 0 heterocycles. The van der Waals surface area contributed by atoms with Crippen molar-refractivity contribution in [3.8, 4) is 0 Å². The molecule has 0 bridgehead atoms. The first-order valence-electron chi connectivity index (χ1n) is 8.47. The van der Waals surface area contributed by atoms with E-state index in [1.807, 2.05) is 6.92 Å². The second-order valence-electron chi connectivity index (χ2n) is 6.33. The lowest BCUT2D eigenvalue weighted by molar-refractivity contribution is -0.142. The Kier molecular flexibility index (Phi) is 8.15. The molecule has 2 unspecified atom stereocenters. The van der Waals surface area contributed by atoms with Crippen LogP contribution in [0.25, 0.3) is 0 Å². The maximum atomic E-state index is 13.7. The predicted molar refractivity (Wildman–Crippen MR) is 91.5 cm³/mol. The second kappa shape index (κ2) is 9.84. The van der Waals surface area contributed by atoms with Crippen molar-refractivity contribution >= 4 is 17.8 Å². The van der Waals surface area contributed by atoms with E-state index in [2.05, 4.69) is 10.6 Å². The van der Waals surface area contributed by atoms with E-state index >= 15 is 0 Å². The van der Waals surface area contributed by atoms with E-state index in [9.17, 15) is 28.3 Å². The zero-order valence-electron chi connectivity index (χ0n) is 15.0.